The van der Waals surface area contributed by atoms with Crippen LogP contribution in [-0.4, -0.2) is 24.0 Å². The number of fused-ring (bicyclic) bond motifs is 1. The maximum Gasteiger partial charge on any atom is 0.416 e. The first-order valence-electron chi connectivity index (χ1n) is 9.85. The Morgan fingerprint density at radius 3 is 2.93 bits per heavy atom. The number of benzene rings is 1. The van der Waals surface area contributed by atoms with Gasteiger partial charge in [0, 0.05) is 40.8 Å². The maximum atomic E-state index is 12.9. The largest absolute Gasteiger partial charge is 0.416 e. The van der Waals surface area contributed by atoms with Crippen molar-refractivity contribution in [2.24, 2.45) is 5.92 Å². The molecule has 8 heteroatoms. The number of aryl methyl sites for hydroxylation is 1. The molecule has 0 aliphatic carbocycles. The molecule has 1 unspecified atom stereocenters. The maximum absolute atomic E-state index is 12.9. The van der Waals surface area contributed by atoms with E-state index in [1.807, 2.05) is 6.07 Å². The smallest absolute Gasteiger partial charge is 0.355 e. The zero-order valence-corrected chi connectivity index (χ0v) is 17.3. The lowest BCUT2D eigenvalue weighted by Crippen LogP contribution is -2.43. The highest BCUT2D eigenvalue weighted by atomic mass is 32.1. The van der Waals surface area contributed by atoms with Crippen LogP contribution >= 0.6 is 11.3 Å². The fourth-order valence-corrected chi connectivity index (χ4v) is 4.82. The van der Waals surface area contributed by atoms with Crippen molar-refractivity contribution in [3.63, 3.8) is 0 Å². The number of carbonyl (C=O) groups excluding carboxylic acids is 1. The molecule has 0 bridgehead atoms. The number of nitrogens with one attached hydrogen (secondary N) is 1. The van der Waals surface area contributed by atoms with Crippen molar-refractivity contribution >= 4 is 33.1 Å². The van der Waals surface area contributed by atoms with Gasteiger partial charge in [0.05, 0.1) is 11.5 Å². The van der Waals surface area contributed by atoms with Crippen LogP contribution in [0.2, 0.25) is 0 Å². The molecular formula is C22H22F3N3OS. The van der Waals surface area contributed by atoms with Crippen LogP contribution in [0.4, 0.5) is 19.0 Å². The quantitative estimate of drug-likeness (QED) is 0.619. The first kappa shape index (κ1) is 20.7. The lowest BCUT2D eigenvalue weighted by molar-refractivity contribution is -0.137. The van der Waals surface area contributed by atoms with E-state index in [1.165, 1.54) is 15.6 Å². The highest BCUT2D eigenvalue weighted by molar-refractivity contribution is 7.19. The number of pyridine rings is 1. The number of alkyl halides is 3. The molecule has 3 aromatic rings. The Kier molecular flexibility index (Phi) is 5.69. The van der Waals surface area contributed by atoms with Crippen molar-refractivity contribution in [1.82, 2.24) is 10.3 Å². The lowest BCUT2D eigenvalue weighted by atomic mass is 9.96. The summed E-state index contributed by atoms with van der Waals surface area (Å²) in [5, 5.41) is 3.91. The molecule has 158 valence electrons. The van der Waals surface area contributed by atoms with E-state index in [1.54, 1.807) is 23.6 Å². The normalized spacial score (nSPS) is 17.3. The molecule has 1 aliphatic heterocycles. The van der Waals surface area contributed by atoms with Crippen molar-refractivity contribution in [1.29, 1.82) is 0 Å². The second kappa shape index (κ2) is 8.26. The van der Waals surface area contributed by atoms with Crippen LogP contribution in [-0.2, 0) is 17.5 Å². The number of hydrogen-bond donors (Lipinski definition) is 1. The summed E-state index contributed by atoms with van der Waals surface area (Å²) in [4.78, 5) is 20.6. The van der Waals surface area contributed by atoms with Gasteiger partial charge in [-0.05, 0) is 49.6 Å². The third-order valence-corrected chi connectivity index (χ3v) is 6.38. The molecular weight excluding hydrogens is 411 g/mol. The van der Waals surface area contributed by atoms with Gasteiger partial charge >= 0.3 is 6.18 Å². The monoisotopic (exact) mass is 433 g/mol. The van der Waals surface area contributed by atoms with Crippen LogP contribution in [0.25, 0.3) is 10.1 Å². The highest BCUT2D eigenvalue weighted by Gasteiger charge is 2.31. The molecule has 1 aromatic carbocycles. The molecule has 1 atom stereocenters. The van der Waals surface area contributed by atoms with Crippen LogP contribution in [0, 0.1) is 12.8 Å². The Morgan fingerprint density at radius 1 is 1.30 bits per heavy atom. The van der Waals surface area contributed by atoms with E-state index >= 15 is 0 Å². The van der Waals surface area contributed by atoms with E-state index in [0.29, 0.717) is 12.1 Å². The third-order valence-electron chi connectivity index (χ3n) is 5.36. The van der Waals surface area contributed by atoms with Crippen molar-refractivity contribution in [2.45, 2.75) is 32.5 Å². The first-order valence-corrected chi connectivity index (χ1v) is 10.7. The second-order valence-electron chi connectivity index (χ2n) is 7.60. The molecule has 1 N–H and O–H groups in total. The molecule has 4 nitrogen and oxygen atoms in total. The SMILES string of the molecule is Cc1cc2c(N3CCCC(C(=O)NCc4cccc(C(F)(F)F)c4)C3)nccc2s1. The van der Waals surface area contributed by atoms with Crippen molar-refractivity contribution in [2.75, 3.05) is 18.0 Å². The summed E-state index contributed by atoms with van der Waals surface area (Å²) in [6.07, 6.45) is -0.977. The van der Waals surface area contributed by atoms with Gasteiger partial charge in [0.2, 0.25) is 5.91 Å². The summed E-state index contributed by atoms with van der Waals surface area (Å²) in [6.45, 7) is 3.53. The number of aromatic nitrogens is 1. The number of rotatable bonds is 4. The number of nitrogens with zero attached hydrogens (tertiary/aromatic N) is 2. The van der Waals surface area contributed by atoms with Gasteiger partial charge in [0.25, 0.3) is 0 Å². The molecule has 2 aromatic heterocycles. The Bertz CT molecular complexity index is 1060. The van der Waals surface area contributed by atoms with Crippen LogP contribution in [0.15, 0.2) is 42.6 Å². The minimum atomic E-state index is -4.39. The minimum Gasteiger partial charge on any atom is -0.355 e. The van der Waals surface area contributed by atoms with Crippen molar-refractivity contribution < 1.29 is 18.0 Å². The number of carbonyl (C=O) groups is 1. The number of amides is 1. The fourth-order valence-electron chi connectivity index (χ4n) is 3.90. The number of halogens is 3. The Balaban J connectivity index is 1.43. The van der Waals surface area contributed by atoms with Crippen molar-refractivity contribution in [3.8, 4) is 0 Å². The predicted molar refractivity (Wildman–Crippen MR) is 113 cm³/mol. The van der Waals surface area contributed by atoms with Gasteiger partial charge in [0.15, 0.2) is 0 Å². The van der Waals surface area contributed by atoms with Gasteiger partial charge in [-0.15, -0.1) is 11.3 Å². The number of hydrogen-bond acceptors (Lipinski definition) is 4. The van der Waals surface area contributed by atoms with E-state index in [9.17, 15) is 18.0 Å². The highest BCUT2D eigenvalue weighted by Crippen LogP contribution is 2.33. The molecule has 1 fully saturated rings. The average Bonchev–Trinajstić information content (AvgIpc) is 3.12. The molecule has 0 spiro atoms. The first-order chi connectivity index (χ1) is 14.3. The molecule has 1 saturated heterocycles. The molecule has 1 amide bonds. The van der Waals surface area contributed by atoms with Gasteiger partial charge in [-0.1, -0.05) is 12.1 Å². The topological polar surface area (TPSA) is 45.2 Å². The second-order valence-corrected chi connectivity index (χ2v) is 8.89. The van der Waals surface area contributed by atoms with E-state index in [-0.39, 0.29) is 18.4 Å². The van der Waals surface area contributed by atoms with Crippen LogP contribution < -0.4 is 10.2 Å². The van der Waals surface area contributed by atoms with Gasteiger partial charge in [-0.25, -0.2) is 4.98 Å². The average molecular weight is 433 g/mol. The summed E-state index contributed by atoms with van der Waals surface area (Å²) in [7, 11) is 0. The summed E-state index contributed by atoms with van der Waals surface area (Å²) < 4.78 is 39.8. The predicted octanol–water partition coefficient (Wildman–Crippen LogP) is 5.16. The molecule has 4 rings (SSSR count). The molecule has 30 heavy (non-hydrogen) atoms. The minimum absolute atomic E-state index is 0.0802. The summed E-state index contributed by atoms with van der Waals surface area (Å²) in [5.74, 6) is 0.541. The van der Waals surface area contributed by atoms with Gasteiger partial charge < -0.3 is 10.2 Å². The van der Waals surface area contributed by atoms with E-state index < -0.39 is 11.7 Å². The standard InChI is InChI=1S/C22H22F3N3OS/c1-14-10-18-19(30-14)7-8-26-20(18)28-9-3-5-16(13-28)21(29)27-12-15-4-2-6-17(11-15)22(23,24)25/h2,4,6-8,10-11,16H,3,5,9,12-13H2,1H3,(H,27,29). The summed E-state index contributed by atoms with van der Waals surface area (Å²) >= 11 is 1.72. The van der Waals surface area contributed by atoms with Gasteiger partial charge in [-0.2, -0.15) is 13.2 Å². The molecule has 3 heterocycles. The molecule has 0 radical (unpaired) electrons. The van der Waals surface area contributed by atoms with E-state index in [0.717, 1.165) is 42.7 Å². The number of thiophene rings is 1. The Morgan fingerprint density at radius 2 is 2.13 bits per heavy atom. The van der Waals surface area contributed by atoms with Gasteiger partial charge in [0.1, 0.15) is 5.82 Å². The van der Waals surface area contributed by atoms with Crippen LogP contribution in [0.5, 0.6) is 0 Å². The van der Waals surface area contributed by atoms with Gasteiger partial charge in [-0.3, -0.25) is 4.79 Å². The summed E-state index contributed by atoms with van der Waals surface area (Å²) in [6, 6.07) is 9.19. The Hall–Kier alpha value is -2.61. The molecule has 0 saturated carbocycles. The lowest BCUT2D eigenvalue weighted by Gasteiger charge is -2.33. The zero-order valence-electron chi connectivity index (χ0n) is 16.5. The summed E-state index contributed by atoms with van der Waals surface area (Å²) in [5.41, 5.74) is -0.269. The zero-order chi connectivity index (χ0) is 21.3. The number of anilines is 1. The van der Waals surface area contributed by atoms with E-state index in [2.05, 4.69) is 28.2 Å². The van der Waals surface area contributed by atoms with Crippen molar-refractivity contribution in [3.05, 3.63) is 58.6 Å². The Labute approximate surface area is 176 Å². The van der Waals surface area contributed by atoms with Crippen LogP contribution in [0.1, 0.15) is 28.8 Å². The van der Waals surface area contributed by atoms with Crippen LogP contribution in [0.3, 0.4) is 0 Å². The number of piperidine rings is 1. The van der Waals surface area contributed by atoms with E-state index in [4.69, 9.17) is 0 Å². The molecule has 1 aliphatic rings. The third kappa shape index (κ3) is 4.43. The fraction of sp³-hybridized carbons (Fsp3) is 0.364.